The van der Waals surface area contributed by atoms with Gasteiger partial charge in [-0.15, -0.1) is 0 Å². The topological polar surface area (TPSA) is 119 Å². The van der Waals surface area contributed by atoms with E-state index >= 15 is 0 Å². The molecule has 1 N–H and O–H groups in total. The lowest BCUT2D eigenvalue weighted by molar-refractivity contribution is -0.334. The van der Waals surface area contributed by atoms with Crippen molar-refractivity contribution in [3.05, 3.63) is 23.8 Å². The predicted octanol–water partition coefficient (Wildman–Crippen LogP) is 4.47. The number of hydrogen-bond acceptors (Lipinski definition) is 6. The van der Waals surface area contributed by atoms with Gasteiger partial charge in [-0.3, -0.25) is 8.83 Å². The Kier molecular flexibility index (Phi) is 7.83. The van der Waals surface area contributed by atoms with Gasteiger partial charge in [0, 0.05) is 0 Å². The first-order chi connectivity index (χ1) is 13.2. The molecule has 0 amide bonds. The summed E-state index contributed by atoms with van der Waals surface area (Å²) in [4.78, 5) is 30.2. The number of phosphoric ester groups is 1. The molecular weight excluding hydrogens is 414 g/mol. The number of rotatable bonds is 8. The summed E-state index contributed by atoms with van der Waals surface area (Å²) in [5.74, 6) is 1.11. The highest BCUT2D eigenvalue weighted by Crippen LogP contribution is 2.61. The molecule has 4 unspecified atom stereocenters. The maximum atomic E-state index is 11.4. The summed E-state index contributed by atoms with van der Waals surface area (Å²) in [5.41, 5.74) is 2.87. The van der Waals surface area contributed by atoms with Crippen LogP contribution in [0.1, 0.15) is 72.6 Å². The SMILES string of the molecule is C=C1CCC2C(C)(C)CCCC2(C)C1CCC(C)=CCOP(=O)(O)OP(=O)([O-])[O-]. The van der Waals surface area contributed by atoms with E-state index in [2.05, 4.69) is 36.2 Å². The van der Waals surface area contributed by atoms with Crippen molar-refractivity contribution in [2.24, 2.45) is 22.7 Å². The van der Waals surface area contributed by atoms with Gasteiger partial charge >= 0.3 is 7.82 Å². The van der Waals surface area contributed by atoms with Crippen LogP contribution in [0, 0.1) is 22.7 Å². The Morgan fingerprint density at radius 1 is 1.31 bits per heavy atom. The molecule has 0 aromatic carbocycles. The Morgan fingerprint density at radius 2 is 1.97 bits per heavy atom. The van der Waals surface area contributed by atoms with Crippen molar-refractivity contribution < 1.29 is 32.6 Å². The van der Waals surface area contributed by atoms with Crippen LogP contribution in [-0.2, 0) is 18.0 Å². The van der Waals surface area contributed by atoms with Gasteiger partial charge in [0.15, 0.2) is 0 Å². The van der Waals surface area contributed by atoms with Crippen LogP contribution in [0.2, 0.25) is 0 Å². The first-order valence-corrected chi connectivity index (χ1v) is 13.2. The summed E-state index contributed by atoms with van der Waals surface area (Å²) in [6, 6.07) is 0. The average molecular weight is 448 g/mol. The van der Waals surface area contributed by atoms with Gasteiger partial charge in [0.25, 0.3) is 0 Å². The second-order valence-electron chi connectivity index (χ2n) is 9.53. The van der Waals surface area contributed by atoms with Gasteiger partial charge in [-0.1, -0.05) is 51.0 Å². The molecule has 0 saturated heterocycles. The molecule has 0 aromatic heterocycles. The van der Waals surface area contributed by atoms with Crippen molar-refractivity contribution in [2.75, 3.05) is 6.61 Å². The Labute approximate surface area is 174 Å². The molecule has 2 aliphatic rings. The molecule has 2 saturated carbocycles. The maximum absolute atomic E-state index is 11.4. The zero-order valence-electron chi connectivity index (χ0n) is 17.9. The summed E-state index contributed by atoms with van der Waals surface area (Å²) in [7, 11) is -10.5. The van der Waals surface area contributed by atoms with E-state index in [0.29, 0.717) is 17.3 Å². The van der Waals surface area contributed by atoms with E-state index in [-0.39, 0.29) is 12.0 Å². The molecule has 7 nitrogen and oxygen atoms in total. The van der Waals surface area contributed by atoms with E-state index in [1.165, 1.54) is 31.3 Å². The zero-order chi connectivity index (χ0) is 22.1. The third-order valence-corrected chi connectivity index (χ3v) is 9.12. The summed E-state index contributed by atoms with van der Waals surface area (Å²) < 4.78 is 30.0. The normalized spacial score (nSPS) is 32.5. The monoisotopic (exact) mass is 448 g/mol. The molecule has 0 aliphatic heterocycles. The third kappa shape index (κ3) is 6.61. The molecule has 168 valence electrons. The molecule has 0 aromatic rings. The van der Waals surface area contributed by atoms with Crippen molar-refractivity contribution in [1.29, 1.82) is 0 Å². The van der Waals surface area contributed by atoms with E-state index in [0.717, 1.165) is 24.8 Å². The number of hydrogen-bond donors (Lipinski definition) is 1. The molecule has 2 aliphatic carbocycles. The standard InChI is InChI=1S/C20H36O7P2/c1-15(11-14-26-29(24,25)27-28(21,22)23)7-9-17-16(2)8-10-18-19(3,4)12-6-13-20(17,18)5/h11,17-18H,2,6-10,12-14H2,1,3-5H3,(H,24,25)(H2,21,22,23)/p-2. The number of fused-ring (bicyclic) bond motifs is 1. The van der Waals surface area contributed by atoms with Crippen LogP contribution in [0.4, 0.5) is 0 Å². The van der Waals surface area contributed by atoms with Gasteiger partial charge in [0.05, 0.1) is 14.4 Å². The summed E-state index contributed by atoms with van der Waals surface area (Å²) >= 11 is 0. The third-order valence-electron chi connectivity index (χ3n) is 7.02. The lowest BCUT2D eigenvalue weighted by Crippen LogP contribution is -2.49. The molecule has 0 spiro atoms. The lowest BCUT2D eigenvalue weighted by Gasteiger charge is -2.58. The second-order valence-corrected chi connectivity index (χ2v) is 12.3. The van der Waals surface area contributed by atoms with Crippen molar-refractivity contribution in [2.45, 2.75) is 72.6 Å². The Balaban J connectivity index is 1.97. The van der Waals surface area contributed by atoms with E-state index in [4.69, 9.17) is 0 Å². The Morgan fingerprint density at radius 3 is 2.59 bits per heavy atom. The minimum Gasteiger partial charge on any atom is -0.789 e. The summed E-state index contributed by atoms with van der Waals surface area (Å²) in [6.45, 7) is 13.2. The molecule has 4 atom stereocenters. The van der Waals surface area contributed by atoms with Crippen molar-refractivity contribution in [1.82, 2.24) is 0 Å². The molecule has 0 bridgehead atoms. The van der Waals surface area contributed by atoms with Crippen molar-refractivity contribution in [3.8, 4) is 0 Å². The van der Waals surface area contributed by atoms with Crippen LogP contribution < -0.4 is 9.79 Å². The fourth-order valence-corrected chi connectivity index (χ4v) is 7.17. The molecule has 2 fully saturated rings. The zero-order valence-corrected chi connectivity index (χ0v) is 19.7. The van der Waals surface area contributed by atoms with Gasteiger partial charge in [-0.25, -0.2) is 4.57 Å². The lowest BCUT2D eigenvalue weighted by atomic mass is 9.47. The van der Waals surface area contributed by atoms with Gasteiger partial charge in [-0.05, 0) is 68.1 Å². The Bertz CT molecular complexity index is 739. The number of phosphoric acid groups is 2. The van der Waals surface area contributed by atoms with Gasteiger partial charge < -0.3 is 19.2 Å². The van der Waals surface area contributed by atoms with Gasteiger partial charge in [-0.2, -0.15) is 0 Å². The van der Waals surface area contributed by atoms with E-state index < -0.39 is 15.6 Å². The quantitative estimate of drug-likeness (QED) is 0.430. The molecular formula is C20H34O7P2-2. The van der Waals surface area contributed by atoms with Crippen LogP contribution in [0.3, 0.4) is 0 Å². The van der Waals surface area contributed by atoms with E-state index in [1.54, 1.807) is 6.08 Å². The van der Waals surface area contributed by atoms with Crippen molar-refractivity contribution >= 4 is 15.6 Å². The van der Waals surface area contributed by atoms with E-state index in [1.807, 2.05) is 6.92 Å². The smallest absolute Gasteiger partial charge is 0.476 e. The van der Waals surface area contributed by atoms with Crippen LogP contribution in [-0.4, -0.2) is 11.5 Å². The fraction of sp³-hybridized carbons (Fsp3) is 0.800. The van der Waals surface area contributed by atoms with Gasteiger partial charge in [0.1, 0.15) is 0 Å². The van der Waals surface area contributed by atoms with Crippen LogP contribution in [0.25, 0.3) is 0 Å². The fourth-order valence-electron chi connectivity index (χ4n) is 5.71. The average Bonchev–Trinajstić information content (AvgIpc) is 2.50. The van der Waals surface area contributed by atoms with Gasteiger partial charge in [0.2, 0.25) is 0 Å². The highest BCUT2D eigenvalue weighted by atomic mass is 31.3. The Hall–Kier alpha value is -0.260. The molecule has 29 heavy (non-hydrogen) atoms. The minimum absolute atomic E-state index is 0.242. The molecule has 0 heterocycles. The highest BCUT2D eigenvalue weighted by Gasteiger charge is 2.52. The summed E-state index contributed by atoms with van der Waals surface area (Å²) in [6.07, 6.45) is 9.34. The second kappa shape index (κ2) is 9.08. The molecule has 2 rings (SSSR count). The number of allylic oxidation sites excluding steroid dienone is 2. The van der Waals surface area contributed by atoms with Crippen LogP contribution in [0.5, 0.6) is 0 Å². The maximum Gasteiger partial charge on any atom is 0.476 e. The molecule has 9 heteroatoms. The van der Waals surface area contributed by atoms with Crippen LogP contribution in [0.15, 0.2) is 23.8 Å². The predicted molar refractivity (Wildman–Crippen MR) is 109 cm³/mol. The minimum atomic E-state index is -5.59. The van der Waals surface area contributed by atoms with Crippen LogP contribution >= 0.6 is 15.6 Å². The first-order valence-electron chi connectivity index (χ1n) is 10.2. The highest BCUT2D eigenvalue weighted by molar-refractivity contribution is 7.59. The molecule has 0 radical (unpaired) electrons. The largest absolute Gasteiger partial charge is 0.789 e. The van der Waals surface area contributed by atoms with Crippen molar-refractivity contribution in [3.63, 3.8) is 0 Å². The summed E-state index contributed by atoms with van der Waals surface area (Å²) in [5, 5.41) is 0. The van der Waals surface area contributed by atoms with E-state index in [9.17, 15) is 23.8 Å². The first kappa shape index (κ1) is 25.0.